The van der Waals surface area contributed by atoms with E-state index >= 15 is 0 Å². The van der Waals surface area contributed by atoms with Crippen LogP contribution >= 0.6 is 11.3 Å². The number of hydrogen-bond acceptors (Lipinski definition) is 5. The average Bonchev–Trinajstić information content (AvgIpc) is 2.72. The summed E-state index contributed by atoms with van der Waals surface area (Å²) in [7, 11) is 1.89. The number of hydrogen-bond donors (Lipinski definition) is 1. The number of rotatable bonds is 3. The molecule has 2 aromatic heterocycles. The fourth-order valence-corrected chi connectivity index (χ4v) is 1.49. The largest absolute Gasteiger partial charge is 0.348 e. The van der Waals surface area contributed by atoms with Crippen molar-refractivity contribution in [3.05, 3.63) is 22.9 Å². The molecule has 0 atom stereocenters. The first-order valence-electron chi connectivity index (χ1n) is 3.82. The van der Waals surface area contributed by atoms with Crippen LogP contribution in [0.15, 0.2) is 17.9 Å². The second-order valence-electron chi connectivity index (χ2n) is 2.54. The van der Waals surface area contributed by atoms with Crippen molar-refractivity contribution in [1.29, 1.82) is 0 Å². The van der Waals surface area contributed by atoms with Gasteiger partial charge >= 0.3 is 0 Å². The molecule has 2 rings (SSSR count). The summed E-state index contributed by atoms with van der Waals surface area (Å²) in [4.78, 5) is 4.14. The molecule has 13 heavy (non-hydrogen) atoms. The number of aryl methyl sites for hydroxylation is 1. The van der Waals surface area contributed by atoms with Crippen LogP contribution in [-0.4, -0.2) is 19.7 Å². The number of thiazole rings is 1. The van der Waals surface area contributed by atoms with E-state index in [4.69, 9.17) is 0 Å². The SMILES string of the molecule is Cn1cnnc1NCc1nccs1. The summed E-state index contributed by atoms with van der Waals surface area (Å²) in [6, 6.07) is 0. The second-order valence-corrected chi connectivity index (χ2v) is 3.52. The molecule has 68 valence electrons. The van der Waals surface area contributed by atoms with Crippen LogP contribution < -0.4 is 5.32 Å². The summed E-state index contributed by atoms with van der Waals surface area (Å²) in [5, 5.41) is 13.8. The highest BCUT2D eigenvalue weighted by molar-refractivity contribution is 7.09. The molecule has 2 aromatic rings. The Hall–Kier alpha value is -1.43. The zero-order valence-electron chi connectivity index (χ0n) is 7.14. The van der Waals surface area contributed by atoms with Crippen LogP contribution in [0.2, 0.25) is 0 Å². The maximum absolute atomic E-state index is 4.14. The van der Waals surface area contributed by atoms with Crippen LogP contribution in [0, 0.1) is 0 Å². The molecule has 0 aromatic carbocycles. The van der Waals surface area contributed by atoms with Crippen LogP contribution in [-0.2, 0) is 13.6 Å². The highest BCUT2D eigenvalue weighted by Crippen LogP contribution is 2.06. The van der Waals surface area contributed by atoms with Crippen molar-refractivity contribution in [3.63, 3.8) is 0 Å². The summed E-state index contributed by atoms with van der Waals surface area (Å²) in [6.07, 6.45) is 3.45. The molecular formula is C7H9N5S. The van der Waals surface area contributed by atoms with Crippen LogP contribution in [0.1, 0.15) is 5.01 Å². The lowest BCUT2D eigenvalue weighted by atomic mass is 10.6. The van der Waals surface area contributed by atoms with E-state index in [1.165, 1.54) is 0 Å². The monoisotopic (exact) mass is 195 g/mol. The van der Waals surface area contributed by atoms with Gasteiger partial charge in [0.2, 0.25) is 5.95 Å². The molecule has 6 heteroatoms. The zero-order valence-corrected chi connectivity index (χ0v) is 7.95. The van der Waals surface area contributed by atoms with E-state index in [0.717, 1.165) is 11.0 Å². The first kappa shape index (κ1) is 8.18. The summed E-state index contributed by atoms with van der Waals surface area (Å²) in [5.74, 6) is 0.759. The van der Waals surface area contributed by atoms with Gasteiger partial charge < -0.3 is 9.88 Å². The van der Waals surface area contributed by atoms with Crippen LogP contribution in [0.25, 0.3) is 0 Å². The number of anilines is 1. The van der Waals surface area contributed by atoms with Gasteiger partial charge in [0.05, 0.1) is 6.54 Å². The van der Waals surface area contributed by atoms with Crippen molar-refractivity contribution in [2.45, 2.75) is 6.54 Å². The molecule has 0 amide bonds. The van der Waals surface area contributed by atoms with Gasteiger partial charge in [0, 0.05) is 18.6 Å². The number of nitrogens with zero attached hydrogens (tertiary/aromatic N) is 4. The zero-order chi connectivity index (χ0) is 9.10. The third kappa shape index (κ3) is 1.83. The third-order valence-electron chi connectivity index (χ3n) is 1.59. The van der Waals surface area contributed by atoms with E-state index < -0.39 is 0 Å². The molecule has 0 unspecified atom stereocenters. The number of nitrogens with one attached hydrogen (secondary N) is 1. The molecule has 1 N–H and O–H groups in total. The van der Waals surface area contributed by atoms with Gasteiger partial charge in [-0.15, -0.1) is 21.5 Å². The lowest BCUT2D eigenvalue weighted by Gasteiger charge is -2.01. The molecule has 0 aliphatic rings. The highest BCUT2D eigenvalue weighted by atomic mass is 32.1. The molecule has 2 heterocycles. The molecular weight excluding hydrogens is 186 g/mol. The molecule has 0 saturated heterocycles. The van der Waals surface area contributed by atoms with Gasteiger partial charge in [0.1, 0.15) is 11.3 Å². The molecule has 0 saturated carbocycles. The Balaban J connectivity index is 1.97. The van der Waals surface area contributed by atoms with Gasteiger partial charge in [0.15, 0.2) is 0 Å². The van der Waals surface area contributed by atoms with E-state index in [2.05, 4.69) is 20.5 Å². The summed E-state index contributed by atoms with van der Waals surface area (Å²) in [5.41, 5.74) is 0. The Kier molecular flexibility index (Phi) is 2.22. The van der Waals surface area contributed by atoms with Gasteiger partial charge in [-0.1, -0.05) is 0 Å². The quantitative estimate of drug-likeness (QED) is 0.790. The van der Waals surface area contributed by atoms with Crippen molar-refractivity contribution >= 4 is 17.3 Å². The Morgan fingerprint density at radius 2 is 2.54 bits per heavy atom. The second kappa shape index (κ2) is 3.53. The molecule has 0 aliphatic heterocycles. The van der Waals surface area contributed by atoms with Crippen LogP contribution in [0.5, 0.6) is 0 Å². The normalized spacial score (nSPS) is 10.2. The van der Waals surface area contributed by atoms with E-state index in [1.807, 2.05) is 17.0 Å². The van der Waals surface area contributed by atoms with Crippen molar-refractivity contribution in [1.82, 2.24) is 19.7 Å². The third-order valence-corrected chi connectivity index (χ3v) is 2.37. The summed E-state index contributed by atoms with van der Waals surface area (Å²) in [6.45, 7) is 0.699. The van der Waals surface area contributed by atoms with Gasteiger partial charge in [-0.2, -0.15) is 0 Å². The van der Waals surface area contributed by atoms with Crippen LogP contribution in [0.3, 0.4) is 0 Å². The Morgan fingerprint density at radius 3 is 3.15 bits per heavy atom. The Morgan fingerprint density at radius 1 is 1.62 bits per heavy atom. The molecule has 0 spiro atoms. The van der Waals surface area contributed by atoms with Gasteiger partial charge in [-0.3, -0.25) is 0 Å². The van der Waals surface area contributed by atoms with E-state index in [-0.39, 0.29) is 0 Å². The highest BCUT2D eigenvalue weighted by Gasteiger charge is 2.00. The maximum atomic E-state index is 4.14. The Labute approximate surface area is 79.5 Å². The van der Waals surface area contributed by atoms with Crippen molar-refractivity contribution in [2.24, 2.45) is 7.05 Å². The standard InChI is InChI=1S/C7H9N5S/c1-12-5-10-11-7(12)9-4-6-8-2-3-13-6/h2-3,5H,4H2,1H3,(H,9,11). The number of aromatic nitrogens is 4. The van der Waals surface area contributed by atoms with Crippen molar-refractivity contribution in [3.8, 4) is 0 Å². The van der Waals surface area contributed by atoms with E-state index in [9.17, 15) is 0 Å². The van der Waals surface area contributed by atoms with Gasteiger partial charge in [-0.05, 0) is 0 Å². The molecule has 5 nitrogen and oxygen atoms in total. The molecule has 0 radical (unpaired) electrons. The lowest BCUT2D eigenvalue weighted by molar-refractivity contribution is 0.896. The predicted octanol–water partition coefficient (Wildman–Crippen LogP) is 0.884. The predicted molar refractivity (Wildman–Crippen MR) is 50.4 cm³/mol. The molecule has 0 aliphatic carbocycles. The molecule has 0 fully saturated rings. The minimum absolute atomic E-state index is 0.699. The van der Waals surface area contributed by atoms with Crippen molar-refractivity contribution in [2.75, 3.05) is 5.32 Å². The Bertz CT molecular complexity index is 366. The smallest absolute Gasteiger partial charge is 0.224 e. The molecule has 0 bridgehead atoms. The van der Waals surface area contributed by atoms with Gasteiger partial charge in [0.25, 0.3) is 0 Å². The first-order chi connectivity index (χ1) is 6.36. The first-order valence-corrected chi connectivity index (χ1v) is 4.70. The van der Waals surface area contributed by atoms with Gasteiger partial charge in [-0.25, -0.2) is 4.98 Å². The van der Waals surface area contributed by atoms with E-state index in [1.54, 1.807) is 23.9 Å². The van der Waals surface area contributed by atoms with Crippen molar-refractivity contribution < 1.29 is 0 Å². The van der Waals surface area contributed by atoms with E-state index in [0.29, 0.717) is 6.54 Å². The fourth-order valence-electron chi connectivity index (χ4n) is 0.938. The summed E-state index contributed by atoms with van der Waals surface area (Å²) < 4.78 is 1.83. The summed E-state index contributed by atoms with van der Waals surface area (Å²) >= 11 is 1.62. The lowest BCUT2D eigenvalue weighted by Crippen LogP contribution is -2.04. The average molecular weight is 195 g/mol. The minimum Gasteiger partial charge on any atom is -0.348 e. The fraction of sp³-hybridized carbons (Fsp3) is 0.286. The topological polar surface area (TPSA) is 55.6 Å². The minimum atomic E-state index is 0.699. The maximum Gasteiger partial charge on any atom is 0.224 e. The van der Waals surface area contributed by atoms with Crippen LogP contribution in [0.4, 0.5) is 5.95 Å².